The Hall–Kier alpha value is -3.13. The van der Waals surface area contributed by atoms with Crippen LogP contribution in [0.4, 0.5) is 0 Å². The number of guanidine groups is 1. The number of aromatic amines is 1. The van der Waals surface area contributed by atoms with Crippen LogP contribution in [-0.4, -0.2) is 44.5 Å². The summed E-state index contributed by atoms with van der Waals surface area (Å²) in [4.78, 5) is 21.6. The number of aromatic nitrogens is 3. The van der Waals surface area contributed by atoms with E-state index in [1.165, 1.54) is 5.56 Å². The van der Waals surface area contributed by atoms with Gasteiger partial charge < -0.3 is 16.0 Å². The standard InChI is InChI=1S/C19H23N7O/c20-18(21)23-15-2-1-9-25(12-15)10-13-3-5-16(6-4-13)26-11-14-7-8-22-17(14)24-19(26)27/h3-8,11,15H,1-2,9-10,12H2,(H4,20,21,23)(H,22,24,27)/t15-/m0/s1. The van der Waals surface area contributed by atoms with Gasteiger partial charge in [-0.2, -0.15) is 4.98 Å². The van der Waals surface area contributed by atoms with E-state index < -0.39 is 0 Å². The zero-order chi connectivity index (χ0) is 18.8. The van der Waals surface area contributed by atoms with Crippen molar-refractivity contribution >= 4 is 17.0 Å². The fourth-order valence-electron chi connectivity index (χ4n) is 3.66. The molecule has 0 saturated carbocycles. The lowest BCUT2D eigenvalue weighted by molar-refractivity contribution is 0.193. The van der Waals surface area contributed by atoms with Gasteiger partial charge in [-0.05, 0) is 43.1 Å². The number of likely N-dealkylation sites (tertiary alicyclic amines) is 1. The van der Waals surface area contributed by atoms with Crippen LogP contribution in [0, 0.1) is 5.41 Å². The van der Waals surface area contributed by atoms with Crippen molar-refractivity contribution in [2.75, 3.05) is 13.1 Å². The van der Waals surface area contributed by atoms with Crippen molar-refractivity contribution in [1.29, 1.82) is 5.41 Å². The van der Waals surface area contributed by atoms with Crippen LogP contribution in [0.3, 0.4) is 0 Å². The number of nitrogens with one attached hydrogen (secondary N) is 3. The van der Waals surface area contributed by atoms with E-state index in [0.717, 1.165) is 43.5 Å². The number of piperidine rings is 1. The minimum atomic E-state index is -0.299. The van der Waals surface area contributed by atoms with Gasteiger partial charge in [-0.3, -0.25) is 14.9 Å². The number of nitrogens with two attached hydrogens (primary N) is 1. The Morgan fingerprint density at radius 3 is 2.93 bits per heavy atom. The van der Waals surface area contributed by atoms with Crippen LogP contribution >= 0.6 is 0 Å². The molecule has 1 aromatic carbocycles. The molecule has 0 spiro atoms. The molecule has 3 heterocycles. The summed E-state index contributed by atoms with van der Waals surface area (Å²) in [7, 11) is 0. The molecule has 0 bridgehead atoms. The summed E-state index contributed by atoms with van der Waals surface area (Å²) >= 11 is 0. The van der Waals surface area contributed by atoms with Crippen LogP contribution in [0.15, 0.2) is 47.5 Å². The van der Waals surface area contributed by atoms with Gasteiger partial charge in [0, 0.05) is 36.9 Å². The summed E-state index contributed by atoms with van der Waals surface area (Å²) in [5, 5.41) is 11.3. The monoisotopic (exact) mass is 365 g/mol. The van der Waals surface area contributed by atoms with Crippen LogP contribution in [0.1, 0.15) is 18.4 Å². The van der Waals surface area contributed by atoms with E-state index in [2.05, 4.69) is 20.2 Å². The van der Waals surface area contributed by atoms with Crippen LogP contribution in [0.5, 0.6) is 0 Å². The van der Waals surface area contributed by atoms with Crippen LogP contribution in [-0.2, 0) is 6.54 Å². The third kappa shape index (κ3) is 3.85. The second-order valence-corrected chi connectivity index (χ2v) is 6.97. The van der Waals surface area contributed by atoms with E-state index in [0.29, 0.717) is 5.65 Å². The second-order valence-electron chi connectivity index (χ2n) is 6.97. The van der Waals surface area contributed by atoms with Crippen molar-refractivity contribution in [3.05, 3.63) is 58.8 Å². The molecule has 0 amide bonds. The van der Waals surface area contributed by atoms with E-state index >= 15 is 0 Å². The van der Waals surface area contributed by atoms with Crippen molar-refractivity contribution in [2.24, 2.45) is 5.73 Å². The lowest BCUT2D eigenvalue weighted by Crippen LogP contribution is -2.49. The van der Waals surface area contributed by atoms with Gasteiger partial charge >= 0.3 is 5.69 Å². The minimum absolute atomic E-state index is 0.0321. The maximum atomic E-state index is 12.2. The molecule has 0 aliphatic carbocycles. The smallest absolute Gasteiger partial charge is 0.354 e. The number of rotatable bonds is 4. The second kappa shape index (κ2) is 7.24. The van der Waals surface area contributed by atoms with Gasteiger partial charge in [0.2, 0.25) is 0 Å². The van der Waals surface area contributed by atoms with E-state index in [1.54, 1.807) is 17.0 Å². The van der Waals surface area contributed by atoms with Gasteiger partial charge in [-0.15, -0.1) is 0 Å². The Morgan fingerprint density at radius 1 is 1.33 bits per heavy atom. The van der Waals surface area contributed by atoms with Gasteiger partial charge in [-0.25, -0.2) is 4.79 Å². The van der Waals surface area contributed by atoms with Crippen LogP contribution < -0.4 is 16.7 Å². The van der Waals surface area contributed by atoms with Gasteiger partial charge in [0.05, 0.1) is 5.69 Å². The maximum Gasteiger partial charge on any atom is 0.354 e. The molecule has 1 atom stereocenters. The molecular weight excluding hydrogens is 342 g/mol. The number of fused-ring (bicyclic) bond motifs is 1. The Labute approximate surface area is 156 Å². The molecule has 3 aromatic rings. The average molecular weight is 365 g/mol. The largest absolute Gasteiger partial charge is 0.370 e. The zero-order valence-corrected chi connectivity index (χ0v) is 15.0. The molecule has 27 heavy (non-hydrogen) atoms. The Morgan fingerprint density at radius 2 is 2.15 bits per heavy atom. The predicted octanol–water partition coefficient (Wildman–Crippen LogP) is 1.16. The highest BCUT2D eigenvalue weighted by atomic mass is 16.1. The summed E-state index contributed by atoms with van der Waals surface area (Å²) in [5.41, 5.74) is 7.74. The molecule has 4 rings (SSSR count). The summed E-state index contributed by atoms with van der Waals surface area (Å²) in [6.45, 7) is 2.74. The molecule has 1 aliphatic rings. The van der Waals surface area contributed by atoms with Crippen molar-refractivity contribution in [2.45, 2.75) is 25.4 Å². The molecule has 1 aliphatic heterocycles. The minimum Gasteiger partial charge on any atom is -0.370 e. The van der Waals surface area contributed by atoms with E-state index in [1.807, 2.05) is 30.3 Å². The SMILES string of the molecule is N=C(N)N[C@H]1CCCN(Cc2ccc(-n3cc4cc[nH]c4nc3=O)cc2)C1. The molecular formula is C19H23N7O. The van der Waals surface area contributed by atoms with Crippen molar-refractivity contribution in [3.8, 4) is 5.69 Å². The number of benzene rings is 1. The van der Waals surface area contributed by atoms with Crippen molar-refractivity contribution in [1.82, 2.24) is 24.8 Å². The third-order valence-corrected chi connectivity index (χ3v) is 4.92. The van der Waals surface area contributed by atoms with E-state index in [9.17, 15) is 4.79 Å². The topological polar surface area (TPSA) is 116 Å². The summed E-state index contributed by atoms with van der Waals surface area (Å²) in [6, 6.07) is 10.1. The van der Waals surface area contributed by atoms with Gasteiger partial charge in [-0.1, -0.05) is 12.1 Å². The Bertz CT molecular complexity index is 1000. The van der Waals surface area contributed by atoms with Crippen LogP contribution in [0.2, 0.25) is 0 Å². The lowest BCUT2D eigenvalue weighted by atomic mass is 10.0. The van der Waals surface area contributed by atoms with Crippen LogP contribution in [0.25, 0.3) is 16.7 Å². The molecule has 1 saturated heterocycles. The molecule has 8 heteroatoms. The first-order valence-electron chi connectivity index (χ1n) is 9.07. The highest BCUT2D eigenvalue weighted by molar-refractivity contribution is 5.74. The molecule has 0 radical (unpaired) electrons. The highest BCUT2D eigenvalue weighted by Gasteiger charge is 2.20. The number of H-pyrrole nitrogens is 1. The Kier molecular flexibility index (Phi) is 4.64. The number of hydrogen-bond donors (Lipinski definition) is 4. The molecule has 0 unspecified atom stereocenters. The van der Waals surface area contributed by atoms with Gasteiger partial charge in [0.1, 0.15) is 5.65 Å². The predicted molar refractivity (Wildman–Crippen MR) is 105 cm³/mol. The summed E-state index contributed by atoms with van der Waals surface area (Å²) < 4.78 is 1.56. The first-order chi connectivity index (χ1) is 13.1. The van der Waals surface area contributed by atoms with E-state index in [4.69, 9.17) is 11.1 Å². The van der Waals surface area contributed by atoms with Gasteiger partial charge in [0.15, 0.2) is 5.96 Å². The van der Waals surface area contributed by atoms with E-state index in [-0.39, 0.29) is 17.7 Å². The maximum absolute atomic E-state index is 12.2. The lowest BCUT2D eigenvalue weighted by Gasteiger charge is -2.33. The fourth-order valence-corrected chi connectivity index (χ4v) is 3.66. The normalized spacial score (nSPS) is 17.9. The fraction of sp³-hybridized carbons (Fsp3) is 0.316. The zero-order valence-electron chi connectivity index (χ0n) is 15.0. The molecule has 8 nitrogen and oxygen atoms in total. The highest BCUT2D eigenvalue weighted by Crippen LogP contribution is 2.16. The molecule has 5 N–H and O–H groups in total. The number of hydrogen-bond acceptors (Lipinski definition) is 4. The summed E-state index contributed by atoms with van der Waals surface area (Å²) in [6.07, 6.45) is 5.70. The third-order valence-electron chi connectivity index (χ3n) is 4.92. The molecule has 140 valence electrons. The van der Waals surface area contributed by atoms with Crippen molar-refractivity contribution < 1.29 is 0 Å². The number of nitrogens with zero attached hydrogens (tertiary/aromatic N) is 3. The Balaban J connectivity index is 1.48. The quantitative estimate of drug-likeness (QED) is 0.409. The first-order valence-corrected chi connectivity index (χ1v) is 9.07. The molecule has 1 fully saturated rings. The summed E-state index contributed by atoms with van der Waals surface area (Å²) in [5.74, 6) is 0.0321. The van der Waals surface area contributed by atoms with Crippen molar-refractivity contribution in [3.63, 3.8) is 0 Å². The van der Waals surface area contributed by atoms with Gasteiger partial charge in [0.25, 0.3) is 0 Å². The average Bonchev–Trinajstić information content (AvgIpc) is 3.09. The first kappa shape index (κ1) is 17.3. The molecule has 2 aromatic heterocycles.